The predicted molar refractivity (Wildman–Crippen MR) is 84.1 cm³/mol. The zero-order valence-electron chi connectivity index (χ0n) is 13.7. The van der Waals surface area contributed by atoms with E-state index in [-0.39, 0.29) is 23.9 Å². The number of amides is 1. The molecule has 1 aromatic rings. The fourth-order valence-electron chi connectivity index (χ4n) is 2.92. The van der Waals surface area contributed by atoms with Gasteiger partial charge in [-0.2, -0.15) is 0 Å². The van der Waals surface area contributed by atoms with Crippen LogP contribution in [0.5, 0.6) is 0 Å². The average molecular weight is 308 g/mol. The first kappa shape index (κ1) is 16.7. The lowest BCUT2D eigenvalue weighted by Gasteiger charge is -2.26. The molecule has 0 aliphatic carbocycles. The van der Waals surface area contributed by atoms with Crippen LogP contribution in [-0.2, 0) is 4.74 Å². The molecule has 1 amide bonds. The van der Waals surface area contributed by atoms with E-state index < -0.39 is 5.60 Å². The molecule has 22 heavy (non-hydrogen) atoms. The second kappa shape index (κ2) is 6.65. The van der Waals surface area contributed by atoms with Crippen molar-refractivity contribution in [2.24, 2.45) is 5.92 Å². The van der Waals surface area contributed by atoms with Gasteiger partial charge in [-0.15, -0.1) is 0 Å². The lowest BCUT2D eigenvalue weighted by molar-refractivity contribution is 0.0285. The lowest BCUT2D eigenvalue weighted by Crippen LogP contribution is -2.36. The molecule has 0 spiro atoms. The lowest BCUT2D eigenvalue weighted by atomic mass is 9.92. The fraction of sp³-hybridized carbons (Fsp3) is 0.588. The number of carbonyl (C=O) groups is 1. The van der Waals surface area contributed by atoms with Crippen molar-refractivity contribution in [1.82, 2.24) is 10.2 Å². The number of hydrogen-bond donors (Lipinski definition) is 1. The van der Waals surface area contributed by atoms with E-state index in [0.717, 1.165) is 6.42 Å². The summed E-state index contributed by atoms with van der Waals surface area (Å²) in [7, 11) is 1.83. The molecule has 1 saturated heterocycles. The molecule has 122 valence electrons. The van der Waals surface area contributed by atoms with Crippen molar-refractivity contribution < 1.29 is 13.9 Å². The van der Waals surface area contributed by atoms with Gasteiger partial charge in [-0.25, -0.2) is 9.18 Å². The van der Waals surface area contributed by atoms with E-state index in [4.69, 9.17) is 4.74 Å². The molecular formula is C17H25FN2O2. The molecule has 2 unspecified atom stereocenters. The number of carbonyl (C=O) groups excluding carboxylic acids is 1. The SMILES string of the molecule is CNC(c1ccccc1F)C1CCN(C(=O)OC(C)(C)C)C1. The van der Waals surface area contributed by atoms with Crippen LogP contribution in [0.25, 0.3) is 0 Å². The maximum Gasteiger partial charge on any atom is 0.410 e. The van der Waals surface area contributed by atoms with E-state index in [1.807, 2.05) is 33.9 Å². The normalized spacial score (nSPS) is 20.0. The van der Waals surface area contributed by atoms with E-state index in [0.29, 0.717) is 18.7 Å². The quantitative estimate of drug-likeness (QED) is 0.931. The summed E-state index contributed by atoms with van der Waals surface area (Å²) in [6.07, 6.45) is 0.539. The van der Waals surface area contributed by atoms with E-state index >= 15 is 0 Å². The minimum Gasteiger partial charge on any atom is -0.444 e. The number of rotatable bonds is 3. The zero-order chi connectivity index (χ0) is 16.3. The van der Waals surface area contributed by atoms with Crippen LogP contribution >= 0.6 is 0 Å². The fourth-order valence-corrected chi connectivity index (χ4v) is 2.92. The van der Waals surface area contributed by atoms with Crippen LogP contribution in [-0.4, -0.2) is 36.7 Å². The Morgan fingerprint density at radius 2 is 2.09 bits per heavy atom. The third kappa shape index (κ3) is 3.97. The molecule has 0 bridgehead atoms. The molecule has 1 aromatic carbocycles. The molecule has 1 aliphatic heterocycles. The number of ether oxygens (including phenoxy) is 1. The first-order valence-electron chi connectivity index (χ1n) is 7.71. The standard InChI is InChI=1S/C17H25FN2O2/c1-17(2,3)22-16(21)20-10-9-12(11-20)15(19-4)13-7-5-6-8-14(13)18/h5-8,12,15,19H,9-11H2,1-4H3. The summed E-state index contributed by atoms with van der Waals surface area (Å²) in [4.78, 5) is 13.8. The van der Waals surface area contributed by atoms with Crippen LogP contribution in [0.4, 0.5) is 9.18 Å². The third-order valence-electron chi connectivity index (χ3n) is 3.90. The molecule has 2 atom stereocenters. The van der Waals surface area contributed by atoms with Gasteiger partial charge in [-0.1, -0.05) is 18.2 Å². The monoisotopic (exact) mass is 308 g/mol. The highest BCUT2D eigenvalue weighted by Gasteiger charge is 2.34. The van der Waals surface area contributed by atoms with Crippen molar-refractivity contribution in [3.63, 3.8) is 0 Å². The van der Waals surface area contributed by atoms with Gasteiger partial charge in [0.15, 0.2) is 0 Å². The molecule has 1 fully saturated rings. The van der Waals surface area contributed by atoms with Crippen LogP contribution in [0.15, 0.2) is 24.3 Å². The highest BCUT2D eigenvalue weighted by Crippen LogP contribution is 2.31. The van der Waals surface area contributed by atoms with Gasteiger partial charge in [0.1, 0.15) is 11.4 Å². The van der Waals surface area contributed by atoms with Gasteiger partial charge in [0, 0.05) is 24.7 Å². The minimum atomic E-state index is -0.497. The summed E-state index contributed by atoms with van der Waals surface area (Å²) < 4.78 is 19.4. The number of hydrogen-bond acceptors (Lipinski definition) is 3. The van der Waals surface area contributed by atoms with Gasteiger partial charge in [-0.3, -0.25) is 0 Å². The average Bonchev–Trinajstić information content (AvgIpc) is 2.89. The van der Waals surface area contributed by atoms with Crippen molar-refractivity contribution in [1.29, 1.82) is 0 Å². The maximum atomic E-state index is 14.0. The second-order valence-corrected chi connectivity index (χ2v) is 6.76. The van der Waals surface area contributed by atoms with Gasteiger partial charge in [-0.05, 0) is 46.2 Å². The Hall–Kier alpha value is -1.62. The Kier molecular flexibility index (Phi) is 5.06. The van der Waals surface area contributed by atoms with Crippen molar-refractivity contribution in [3.8, 4) is 0 Å². The Bertz CT molecular complexity index is 528. The van der Waals surface area contributed by atoms with Crippen molar-refractivity contribution in [2.75, 3.05) is 20.1 Å². The van der Waals surface area contributed by atoms with Gasteiger partial charge in [0.05, 0.1) is 0 Å². The molecule has 0 radical (unpaired) electrons. The first-order chi connectivity index (χ1) is 10.3. The largest absolute Gasteiger partial charge is 0.444 e. The number of halogens is 1. The zero-order valence-corrected chi connectivity index (χ0v) is 13.7. The Balaban J connectivity index is 2.05. The molecule has 5 heteroatoms. The minimum absolute atomic E-state index is 0.103. The van der Waals surface area contributed by atoms with Crippen LogP contribution in [0, 0.1) is 11.7 Å². The maximum absolute atomic E-state index is 14.0. The summed E-state index contributed by atoms with van der Waals surface area (Å²) in [6.45, 7) is 6.79. The molecule has 0 saturated carbocycles. The molecule has 1 heterocycles. The summed E-state index contributed by atoms with van der Waals surface area (Å²) in [5, 5.41) is 3.19. The highest BCUT2D eigenvalue weighted by atomic mass is 19.1. The Labute approximate surface area is 131 Å². The number of nitrogens with one attached hydrogen (secondary N) is 1. The smallest absolute Gasteiger partial charge is 0.410 e. The van der Waals surface area contributed by atoms with Crippen LogP contribution < -0.4 is 5.32 Å². The molecule has 4 nitrogen and oxygen atoms in total. The number of likely N-dealkylation sites (tertiary alicyclic amines) is 1. The van der Waals surface area contributed by atoms with Crippen LogP contribution in [0.3, 0.4) is 0 Å². The van der Waals surface area contributed by atoms with E-state index in [1.165, 1.54) is 6.07 Å². The highest BCUT2D eigenvalue weighted by molar-refractivity contribution is 5.68. The van der Waals surface area contributed by atoms with E-state index in [1.54, 1.807) is 17.0 Å². The molecule has 1 aliphatic rings. The van der Waals surface area contributed by atoms with Gasteiger partial charge < -0.3 is 15.0 Å². The van der Waals surface area contributed by atoms with E-state index in [9.17, 15) is 9.18 Å². The van der Waals surface area contributed by atoms with Crippen LogP contribution in [0.1, 0.15) is 38.8 Å². The summed E-state index contributed by atoms with van der Waals surface area (Å²) >= 11 is 0. The number of nitrogens with zero attached hydrogens (tertiary/aromatic N) is 1. The van der Waals surface area contributed by atoms with Crippen molar-refractivity contribution in [3.05, 3.63) is 35.6 Å². The molecule has 0 aromatic heterocycles. The van der Waals surface area contributed by atoms with Gasteiger partial charge >= 0.3 is 6.09 Å². The third-order valence-corrected chi connectivity index (χ3v) is 3.90. The first-order valence-corrected chi connectivity index (χ1v) is 7.71. The number of benzene rings is 1. The predicted octanol–water partition coefficient (Wildman–Crippen LogP) is 3.34. The molecule has 2 rings (SSSR count). The van der Waals surface area contributed by atoms with Crippen molar-refractivity contribution in [2.45, 2.75) is 38.8 Å². The van der Waals surface area contributed by atoms with E-state index in [2.05, 4.69) is 5.32 Å². The Morgan fingerprint density at radius 1 is 1.41 bits per heavy atom. The Morgan fingerprint density at radius 3 is 2.68 bits per heavy atom. The van der Waals surface area contributed by atoms with Gasteiger partial charge in [0.25, 0.3) is 0 Å². The molecular weight excluding hydrogens is 283 g/mol. The summed E-state index contributed by atoms with van der Waals surface area (Å²) in [5.74, 6) is -0.0352. The summed E-state index contributed by atoms with van der Waals surface area (Å²) in [5.41, 5.74) is 0.157. The second-order valence-electron chi connectivity index (χ2n) is 6.76. The summed E-state index contributed by atoms with van der Waals surface area (Å²) in [6, 6.07) is 6.69. The molecule has 1 N–H and O–H groups in total. The van der Waals surface area contributed by atoms with Crippen molar-refractivity contribution >= 4 is 6.09 Å². The topological polar surface area (TPSA) is 41.6 Å². The van der Waals surface area contributed by atoms with Gasteiger partial charge in [0.2, 0.25) is 0 Å². The van der Waals surface area contributed by atoms with Crippen LogP contribution in [0.2, 0.25) is 0 Å².